The van der Waals surface area contributed by atoms with Gasteiger partial charge in [0.2, 0.25) is 0 Å². The molecule has 1 aliphatic carbocycles. The molecule has 1 aromatic carbocycles. The SMILES string of the molecule is CCOc1cc(C=C2C(=O)NC(=O)N(C3CCCCC3)C2=O)cc(Cl)c1OC(C)CC. The zero-order valence-corrected chi connectivity index (χ0v) is 19.0. The van der Waals surface area contributed by atoms with Crippen LogP contribution in [0.5, 0.6) is 11.5 Å². The first kappa shape index (κ1) is 23.1. The molecule has 8 heteroatoms. The van der Waals surface area contributed by atoms with Gasteiger partial charge in [-0.15, -0.1) is 0 Å². The summed E-state index contributed by atoms with van der Waals surface area (Å²) >= 11 is 6.45. The van der Waals surface area contributed by atoms with Crippen molar-refractivity contribution in [3.63, 3.8) is 0 Å². The largest absolute Gasteiger partial charge is 0.490 e. The molecule has 2 fully saturated rings. The number of ether oxygens (including phenoxy) is 2. The minimum absolute atomic E-state index is 0.0540. The normalized spacial score (nSPS) is 20.1. The number of urea groups is 1. The van der Waals surface area contributed by atoms with Crippen molar-refractivity contribution in [2.75, 3.05) is 6.61 Å². The molecule has 0 aromatic heterocycles. The average molecular weight is 449 g/mol. The summed E-state index contributed by atoms with van der Waals surface area (Å²) < 4.78 is 11.6. The minimum Gasteiger partial charge on any atom is -0.490 e. The standard InChI is InChI=1S/C23H29ClN2O5/c1-4-14(3)31-20-18(24)12-15(13-19(20)30-5-2)11-17-21(27)25-23(29)26(22(17)28)16-9-7-6-8-10-16/h11-14,16H,4-10H2,1-3H3,(H,25,27,29). The summed E-state index contributed by atoms with van der Waals surface area (Å²) in [6, 6.07) is 2.47. The quantitative estimate of drug-likeness (QED) is 0.482. The molecule has 0 bridgehead atoms. The average Bonchev–Trinajstić information content (AvgIpc) is 2.74. The Bertz CT molecular complexity index is 892. The van der Waals surface area contributed by atoms with Crippen LogP contribution < -0.4 is 14.8 Å². The molecule has 1 unspecified atom stereocenters. The fraction of sp³-hybridized carbons (Fsp3) is 0.522. The molecule has 1 aliphatic heterocycles. The molecule has 0 spiro atoms. The second kappa shape index (κ2) is 10.2. The van der Waals surface area contributed by atoms with Gasteiger partial charge >= 0.3 is 6.03 Å². The van der Waals surface area contributed by atoms with Gasteiger partial charge in [-0.25, -0.2) is 4.79 Å². The lowest BCUT2D eigenvalue weighted by molar-refractivity contribution is -0.132. The van der Waals surface area contributed by atoms with E-state index in [9.17, 15) is 14.4 Å². The number of nitrogens with zero attached hydrogens (tertiary/aromatic N) is 1. The van der Waals surface area contributed by atoms with E-state index in [1.165, 1.54) is 11.0 Å². The van der Waals surface area contributed by atoms with Gasteiger partial charge in [0.05, 0.1) is 17.7 Å². The fourth-order valence-electron chi connectivity index (χ4n) is 3.84. The van der Waals surface area contributed by atoms with Crippen molar-refractivity contribution in [2.45, 2.75) is 71.4 Å². The third-order valence-electron chi connectivity index (χ3n) is 5.61. The predicted molar refractivity (Wildman–Crippen MR) is 118 cm³/mol. The zero-order valence-electron chi connectivity index (χ0n) is 18.2. The first-order chi connectivity index (χ1) is 14.8. The first-order valence-corrected chi connectivity index (χ1v) is 11.3. The Morgan fingerprint density at radius 3 is 2.55 bits per heavy atom. The van der Waals surface area contributed by atoms with Crippen molar-refractivity contribution in [2.24, 2.45) is 0 Å². The first-order valence-electron chi connectivity index (χ1n) is 10.9. The maximum Gasteiger partial charge on any atom is 0.331 e. The number of carbonyl (C=O) groups is 3. The van der Waals surface area contributed by atoms with E-state index < -0.39 is 17.8 Å². The number of imide groups is 2. The van der Waals surface area contributed by atoms with E-state index in [1.807, 2.05) is 20.8 Å². The Kier molecular flexibility index (Phi) is 7.59. The van der Waals surface area contributed by atoms with Crippen LogP contribution in [0.25, 0.3) is 6.08 Å². The van der Waals surface area contributed by atoms with Crippen molar-refractivity contribution in [3.8, 4) is 11.5 Å². The van der Waals surface area contributed by atoms with E-state index in [2.05, 4.69) is 5.32 Å². The molecule has 1 saturated heterocycles. The molecule has 7 nitrogen and oxygen atoms in total. The maximum absolute atomic E-state index is 13.1. The van der Waals surface area contributed by atoms with Crippen LogP contribution >= 0.6 is 11.6 Å². The second-order valence-electron chi connectivity index (χ2n) is 7.88. The van der Waals surface area contributed by atoms with Crippen LogP contribution in [0.4, 0.5) is 4.79 Å². The number of benzene rings is 1. The van der Waals surface area contributed by atoms with Gasteiger partial charge < -0.3 is 9.47 Å². The van der Waals surface area contributed by atoms with Crippen molar-refractivity contribution in [3.05, 3.63) is 28.3 Å². The van der Waals surface area contributed by atoms with Crippen molar-refractivity contribution >= 4 is 35.5 Å². The lowest BCUT2D eigenvalue weighted by Crippen LogP contribution is -2.58. The number of barbiturate groups is 1. The van der Waals surface area contributed by atoms with Crippen molar-refractivity contribution in [1.82, 2.24) is 10.2 Å². The number of halogens is 1. The van der Waals surface area contributed by atoms with Crippen molar-refractivity contribution in [1.29, 1.82) is 0 Å². The van der Waals surface area contributed by atoms with Gasteiger partial charge in [-0.2, -0.15) is 0 Å². The van der Waals surface area contributed by atoms with Crippen LogP contribution in [0.1, 0.15) is 64.9 Å². The Labute approximate surface area is 187 Å². The summed E-state index contributed by atoms with van der Waals surface area (Å²) in [6.45, 7) is 6.18. The Morgan fingerprint density at radius 2 is 1.90 bits per heavy atom. The molecule has 168 valence electrons. The topological polar surface area (TPSA) is 84.9 Å². The number of hydrogen-bond acceptors (Lipinski definition) is 5. The lowest BCUT2D eigenvalue weighted by atomic mass is 9.93. The molecule has 4 amide bonds. The van der Waals surface area contributed by atoms with Crippen LogP contribution in [0, 0.1) is 0 Å². The molecule has 1 aromatic rings. The van der Waals surface area contributed by atoms with Crippen LogP contribution in [0.2, 0.25) is 5.02 Å². The van der Waals surface area contributed by atoms with Gasteiger partial charge in [0, 0.05) is 6.04 Å². The highest BCUT2D eigenvalue weighted by Gasteiger charge is 2.40. The summed E-state index contributed by atoms with van der Waals surface area (Å²) in [7, 11) is 0. The van der Waals surface area contributed by atoms with E-state index in [0.717, 1.165) is 38.5 Å². The number of carbonyl (C=O) groups excluding carboxylic acids is 3. The minimum atomic E-state index is -0.712. The monoisotopic (exact) mass is 448 g/mol. The fourth-order valence-corrected chi connectivity index (χ4v) is 4.11. The van der Waals surface area contributed by atoms with E-state index in [1.54, 1.807) is 12.1 Å². The molecule has 1 atom stereocenters. The molecule has 31 heavy (non-hydrogen) atoms. The number of hydrogen-bond donors (Lipinski definition) is 1. The van der Waals surface area contributed by atoms with Gasteiger partial charge in [-0.1, -0.05) is 37.8 Å². The summed E-state index contributed by atoms with van der Waals surface area (Å²) in [5.74, 6) is -0.421. The van der Waals surface area contributed by atoms with E-state index >= 15 is 0 Å². The molecule has 1 heterocycles. The van der Waals surface area contributed by atoms with Gasteiger partial charge in [-0.3, -0.25) is 19.8 Å². The highest BCUT2D eigenvalue weighted by atomic mass is 35.5. The van der Waals surface area contributed by atoms with E-state index in [4.69, 9.17) is 21.1 Å². The summed E-state index contributed by atoms with van der Waals surface area (Å²) in [6.07, 6.45) is 6.70. The highest BCUT2D eigenvalue weighted by Crippen LogP contribution is 2.38. The summed E-state index contributed by atoms with van der Waals surface area (Å²) in [5.41, 5.74) is 0.417. The highest BCUT2D eigenvalue weighted by molar-refractivity contribution is 6.33. The Morgan fingerprint density at radius 1 is 1.19 bits per heavy atom. The molecule has 3 rings (SSSR count). The Balaban J connectivity index is 1.95. The summed E-state index contributed by atoms with van der Waals surface area (Å²) in [5, 5.41) is 2.62. The molecular weight excluding hydrogens is 420 g/mol. The predicted octanol–water partition coefficient (Wildman–Crippen LogP) is 4.71. The molecule has 2 aliphatic rings. The van der Waals surface area contributed by atoms with Gasteiger partial charge in [0.15, 0.2) is 11.5 Å². The number of rotatable bonds is 7. The van der Waals surface area contributed by atoms with Crippen molar-refractivity contribution < 1.29 is 23.9 Å². The second-order valence-corrected chi connectivity index (χ2v) is 8.29. The van der Waals surface area contributed by atoms with Gasteiger partial charge in [-0.05, 0) is 56.9 Å². The molecule has 1 saturated carbocycles. The third-order valence-corrected chi connectivity index (χ3v) is 5.89. The van der Waals surface area contributed by atoms with E-state index in [-0.39, 0.29) is 17.7 Å². The van der Waals surface area contributed by atoms with Gasteiger partial charge in [0.1, 0.15) is 5.57 Å². The van der Waals surface area contributed by atoms with Crippen LogP contribution in [-0.4, -0.2) is 41.5 Å². The maximum atomic E-state index is 13.1. The van der Waals surface area contributed by atoms with Crippen LogP contribution in [0.15, 0.2) is 17.7 Å². The molecule has 1 N–H and O–H groups in total. The number of nitrogens with one attached hydrogen (secondary N) is 1. The molecular formula is C23H29ClN2O5. The zero-order chi connectivity index (χ0) is 22.5. The van der Waals surface area contributed by atoms with E-state index in [0.29, 0.717) is 28.7 Å². The Hall–Kier alpha value is -2.54. The van der Waals surface area contributed by atoms with Crippen LogP contribution in [0.3, 0.4) is 0 Å². The number of amides is 4. The van der Waals surface area contributed by atoms with Gasteiger partial charge in [0.25, 0.3) is 11.8 Å². The molecule has 0 radical (unpaired) electrons. The third kappa shape index (κ3) is 5.21. The lowest BCUT2D eigenvalue weighted by Gasteiger charge is -2.35. The summed E-state index contributed by atoms with van der Waals surface area (Å²) in [4.78, 5) is 39.1. The van der Waals surface area contributed by atoms with Crippen LogP contribution in [-0.2, 0) is 9.59 Å². The smallest absolute Gasteiger partial charge is 0.331 e.